The van der Waals surface area contributed by atoms with Gasteiger partial charge in [-0.25, -0.2) is 9.97 Å². The lowest BCUT2D eigenvalue weighted by molar-refractivity contribution is -0.119. The van der Waals surface area contributed by atoms with E-state index < -0.39 is 5.41 Å². The summed E-state index contributed by atoms with van der Waals surface area (Å²) in [6, 6.07) is 3.75. The monoisotopic (exact) mass is 285 g/mol. The lowest BCUT2D eigenvalue weighted by Gasteiger charge is -2.14. The first kappa shape index (κ1) is 11.6. The van der Waals surface area contributed by atoms with Gasteiger partial charge < -0.3 is 9.73 Å². The Bertz CT molecular complexity index is 834. The largest absolute Gasteiger partial charge is 0.435 e. The molecule has 3 heterocycles. The van der Waals surface area contributed by atoms with Crippen LogP contribution in [0.15, 0.2) is 27.4 Å². The van der Waals surface area contributed by atoms with E-state index in [-0.39, 0.29) is 5.91 Å². The van der Waals surface area contributed by atoms with Crippen LogP contribution in [-0.4, -0.2) is 15.9 Å². The topological polar surface area (TPSA) is 68.0 Å². The van der Waals surface area contributed by atoms with E-state index in [1.165, 1.54) is 11.3 Å². The third kappa shape index (κ3) is 1.45. The highest BCUT2D eigenvalue weighted by Crippen LogP contribution is 2.40. The number of fused-ring (bicyclic) bond motifs is 2. The third-order valence-corrected chi connectivity index (χ3v) is 4.25. The maximum atomic E-state index is 11.9. The molecule has 0 aliphatic carbocycles. The summed E-state index contributed by atoms with van der Waals surface area (Å²) in [5, 5.41) is 4.78. The first-order valence-electron chi connectivity index (χ1n) is 6.21. The van der Waals surface area contributed by atoms with Crippen molar-refractivity contribution in [3.63, 3.8) is 0 Å². The Labute approximate surface area is 118 Å². The van der Waals surface area contributed by atoms with Crippen LogP contribution in [0.25, 0.3) is 22.7 Å². The van der Waals surface area contributed by atoms with Gasteiger partial charge in [-0.1, -0.05) is 0 Å². The molecule has 4 rings (SSSR count). The number of anilines is 1. The van der Waals surface area contributed by atoms with Crippen molar-refractivity contribution in [1.29, 1.82) is 0 Å². The Hall–Kier alpha value is -2.21. The van der Waals surface area contributed by atoms with Gasteiger partial charge in [-0.3, -0.25) is 4.79 Å². The van der Waals surface area contributed by atoms with E-state index in [9.17, 15) is 4.79 Å². The fourth-order valence-corrected chi connectivity index (χ4v) is 2.95. The molecular formula is C14H11N3O2S. The summed E-state index contributed by atoms with van der Waals surface area (Å²) in [4.78, 5) is 20.6. The maximum absolute atomic E-state index is 11.9. The molecule has 100 valence electrons. The van der Waals surface area contributed by atoms with Gasteiger partial charge >= 0.3 is 0 Å². The average Bonchev–Trinajstić information content (AvgIpc) is 3.08. The standard InChI is InChI=1S/C14H11N3O2S/c1-14(2)7-3-9-11(4-8(7)17-13(14)18)19-12(16-9)10-5-20-6-15-10/h3-6H,1-2H3,(H,17,18). The molecule has 3 aromatic rings. The van der Waals surface area contributed by atoms with Crippen molar-refractivity contribution in [3.8, 4) is 11.6 Å². The average molecular weight is 285 g/mol. The fourth-order valence-electron chi connectivity index (χ4n) is 2.42. The molecular weight excluding hydrogens is 274 g/mol. The molecule has 1 aliphatic rings. The van der Waals surface area contributed by atoms with Crippen molar-refractivity contribution in [2.75, 3.05) is 5.32 Å². The Morgan fingerprint density at radius 2 is 2.20 bits per heavy atom. The molecule has 1 aromatic carbocycles. The van der Waals surface area contributed by atoms with E-state index in [2.05, 4.69) is 15.3 Å². The molecule has 1 amide bonds. The summed E-state index contributed by atoms with van der Waals surface area (Å²) in [5.74, 6) is 0.508. The zero-order chi connectivity index (χ0) is 13.9. The van der Waals surface area contributed by atoms with Crippen molar-refractivity contribution >= 4 is 34.0 Å². The number of hydrogen-bond donors (Lipinski definition) is 1. The van der Waals surface area contributed by atoms with Crippen LogP contribution >= 0.6 is 11.3 Å². The highest BCUT2D eigenvalue weighted by molar-refractivity contribution is 7.07. The lowest BCUT2D eigenvalue weighted by Crippen LogP contribution is -2.26. The van der Waals surface area contributed by atoms with Crippen LogP contribution < -0.4 is 5.32 Å². The zero-order valence-electron chi connectivity index (χ0n) is 10.9. The molecule has 5 nitrogen and oxygen atoms in total. The van der Waals surface area contributed by atoms with E-state index >= 15 is 0 Å². The van der Waals surface area contributed by atoms with Crippen LogP contribution in [0.3, 0.4) is 0 Å². The van der Waals surface area contributed by atoms with Crippen LogP contribution in [0.4, 0.5) is 5.69 Å². The van der Waals surface area contributed by atoms with Crippen molar-refractivity contribution in [2.24, 2.45) is 0 Å². The molecule has 0 bridgehead atoms. The molecule has 0 saturated heterocycles. The molecule has 0 saturated carbocycles. The number of thiazole rings is 1. The smallest absolute Gasteiger partial charge is 0.247 e. The highest BCUT2D eigenvalue weighted by Gasteiger charge is 2.39. The minimum absolute atomic E-state index is 0.000113. The number of amides is 1. The second-order valence-corrected chi connectivity index (χ2v) is 6.06. The lowest BCUT2D eigenvalue weighted by atomic mass is 9.86. The van der Waals surface area contributed by atoms with Gasteiger partial charge in [0.25, 0.3) is 0 Å². The van der Waals surface area contributed by atoms with Gasteiger partial charge in [-0.05, 0) is 25.5 Å². The second kappa shape index (κ2) is 3.67. The molecule has 0 spiro atoms. The number of carbonyl (C=O) groups excluding carboxylic acids is 1. The predicted molar refractivity (Wildman–Crippen MR) is 76.8 cm³/mol. The first-order chi connectivity index (χ1) is 9.55. The van der Waals surface area contributed by atoms with Crippen molar-refractivity contribution in [3.05, 3.63) is 28.6 Å². The van der Waals surface area contributed by atoms with Gasteiger partial charge in [0.15, 0.2) is 5.58 Å². The number of nitrogens with zero attached hydrogens (tertiary/aromatic N) is 2. The minimum atomic E-state index is -0.538. The molecule has 0 atom stereocenters. The van der Waals surface area contributed by atoms with Crippen LogP contribution in [0, 0.1) is 0 Å². The molecule has 0 unspecified atom stereocenters. The van der Waals surface area contributed by atoms with Crippen LogP contribution in [-0.2, 0) is 10.2 Å². The number of nitrogens with one attached hydrogen (secondary N) is 1. The Morgan fingerprint density at radius 1 is 1.35 bits per heavy atom. The van der Waals surface area contributed by atoms with E-state index in [1.807, 2.05) is 31.4 Å². The number of aromatic nitrogens is 2. The van der Waals surface area contributed by atoms with E-state index in [0.717, 1.165) is 22.5 Å². The van der Waals surface area contributed by atoms with E-state index in [0.29, 0.717) is 11.5 Å². The van der Waals surface area contributed by atoms with Gasteiger partial charge in [0.1, 0.15) is 11.2 Å². The molecule has 2 aromatic heterocycles. The molecule has 6 heteroatoms. The van der Waals surface area contributed by atoms with E-state index in [1.54, 1.807) is 5.51 Å². The Kier molecular flexibility index (Phi) is 2.13. The predicted octanol–water partition coefficient (Wildman–Crippen LogP) is 3.18. The molecule has 0 fully saturated rings. The number of oxazole rings is 1. The molecule has 1 aliphatic heterocycles. The SMILES string of the molecule is CC1(C)C(=O)Nc2cc3oc(-c4cscn4)nc3cc21. The number of rotatable bonds is 1. The van der Waals surface area contributed by atoms with Crippen molar-refractivity contribution in [2.45, 2.75) is 19.3 Å². The Balaban J connectivity index is 1.93. The van der Waals surface area contributed by atoms with Gasteiger partial charge in [0.2, 0.25) is 11.8 Å². The first-order valence-corrected chi connectivity index (χ1v) is 7.15. The summed E-state index contributed by atoms with van der Waals surface area (Å²) >= 11 is 1.50. The third-order valence-electron chi connectivity index (χ3n) is 3.67. The van der Waals surface area contributed by atoms with Gasteiger partial charge in [0.05, 0.1) is 10.9 Å². The zero-order valence-corrected chi connectivity index (χ0v) is 11.7. The van der Waals surface area contributed by atoms with Crippen LogP contribution in [0.1, 0.15) is 19.4 Å². The minimum Gasteiger partial charge on any atom is -0.435 e. The summed E-state index contributed by atoms with van der Waals surface area (Å²) in [6.45, 7) is 3.81. The van der Waals surface area contributed by atoms with Gasteiger partial charge in [-0.15, -0.1) is 11.3 Å². The summed E-state index contributed by atoms with van der Waals surface area (Å²) in [5.41, 5.74) is 5.09. The summed E-state index contributed by atoms with van der Waals surface area (Å²) < 4.78 is 5.72. The van der Waals surface area contributed by atoms with Gasteiger partial charge in [0, 0.05) is 17.1 Å². The molecule has 1 N–H and O–H groups in total. The number of carbonyl (C=O) groups is 1. The van der Waals surface area contributed by atoms with Crippen LogP contribution in [0.2, 0.25) is 0 Å². The Morgan fingerprint density at radius 3 is 2.95 bits per heavy atom. The van der Waals surface area contributed by atoms with Gasteiger partial charge in [-0.2, -0.15) is 0 Å². The quantitative estimate of drug-likeness (QED) is 0.745. The molecule has 20 heavy (non-hydrogen) atoms. The molecule has 0 radical (unpaired) electrons. The highest BCUT2D eigenvalue weighted by atomic mass is 32.1. The van der Waals surface area contributed by atoms with Crippen molar-refractivity contribution < 1.29 is 9.21 Å². The normalized spacial score (nSPS) is 16.4. The maximum Gasteiger partial charge on any atom is 0.247 e. The summed E-state index contributed by atoms with van der Waals surface area (Å²) in [7, 11) is 0. The fraction of sp³-hybridized carbons (Fsp3) is 0.214. The van der Waals surface area contributed by atoms with Crippen LogP contribution in [0.5, 0.6) is 0 Å². The summed E-state index contributed by atoms with van der Waals surface area (Å²) in [6.07, 6.45) is 0. The number of hydrogen-bond acceptors (Lipinski definition) is 5. The van der Waals surface area contributed by atoms with E-state index in [4.69, 9.17) is 4.42 Å². The second-order valence-electron chi connectivity index (χ2n) is 5.34. The van der Waals surface area contributed by atoms with Crippen molar-refractivity contribution in [1.82, 2.24) is 9.97 Å². The number of benzene rings is 1.